The standard InChI is InChI=1S/C28H23F7O5/c1-2-3-4-15-13-37-27(38-14-15)17-9-20(29)25(21(30)10-17)26(36)39-19-11-22(31)24(23(32)12-19)16-5-7-18(8-6-16)40-28(33,34)35/h5-12,15,27H,2-4,13-14H2,1H3. The lowest BCUT2D eigenvalue weighted by Gasteiger charge is -2.29. The Balaban J connectivity index is 1.47. The van der Waals surface area contributed by atoms with Crippen LogP contribution in [0.15, 0.2) is 48.5 Å². The van der Waals surface area contributed by atoms with E-state index in [1.54, 1.807) is 0 Å². The molecule has 0 N–H and O–H groups in total. The second-order valence-corrected chi connectivity index (χ2v) is 9.09. The predicted octanol–water partition coefficient (Wildman–Crippen LogP) is 7.88. The van der Waals surface area contributed by atoms with Gasteiger partial charge in [-0.05, 0) is 36.2 Å². The maximum atomic E-state index is 14.8. The van der Waals surface area contributed by atoms with Crippen LogP contribution < -0.4 is 9.47 Å². The summed E-state index contributed by atoms with van der Waals surface area (Å²) in [4.78, 5) is 12.5. The summed E-state index contributed by atoms with van der Waals surface area (Å²) in [7, 11) is 0. The van der Waals surface area contributed by atoms with Crippen molar-refractivity contribution >= 4 is 5.97 Å². The van der Waals surface area contributed by atoms with E-state index in [0.29, 0.717) is 25.3 Å². The molecule has 40 heavy (non-hydrogen) atoms. The predicted molar refractivity (Wildman–Crippen MR) is 127 cm³/mol. The third kappa shape index (κ3) is 7.11. The number of esters is 1. The molecule has 3 aromatic carbocycles. The molecule has 4 rings (SSSR count). The highest BCUT2D eigenvalue weighted by Gasteiger charge is 2.31. The van der Waals surface area contributed by atoms with Crippen LogP contribution in [-0.4, -0.2) is 25.5 Å². The topological polar surface area (TPSA) is 54.0 Å². The van der Waals surface area contributed by atoms with Crippen LogP contribution in [-0.2, 0) is 9.47 Å². The van der Waals surface area contributed by atoms with Crippen molar-refractivity contribution < 1.29 is 54.5 Å². The average Bonchev–Trinajstić information content (AvgIpc) is 2.87. The third-order valence-electron chi connectivity index (χ3n) is 6.08. The van der Waals surface area contributed by atoms with E-state index in [4.69, 9.17) is 14.2 Å². The number of hydrogen-bond donors (Lipinski definition) is 0. The van der Waals surface area contributed by atoms with Crippen molar-refractivity contribution in [1.29, 1.82) is 0 Å². The Bertz CT molecular complexity index is 1300. The first-order valence-electron chi connectivity index (χ1n) is 12.2. The van der Waals surface area contributed by atoms with Crippen LogP contribution in [0.2, 0.25) is 0 Å². The average molecular weight is 572 g/mol. The third-order valence-corrected chi connectivity index (χ3v) is 6.08. The van der Waals surface area contributed by atoms with Crippen molar-refractivity contribution in [2.75, 3.05) is 13.2 Å². The number of carbonyl (C=O) groups excluding carboxylic acids is 1. The molecule has 5 nitrogen and oxygen atoms in total. The number of benzene rings is 3. The summed E-state index contributed by atoms with van der Waals surface area (Å²) in [6.45, 7) is 2.74. The largest absolute Gasteiger partial charge is 0.573 e. The molecule has 1 heterocycles. The number of ether oxygens (including phenoxy) is 4. The monoisotopic (exact) mass is 572 g/mol. The van der Waals surface area contributed by atoms with E-state index in [9.17, 15) is 35.5 Å². The fraction of sp³-hybridized carbons (Fsp3) is 0.321. The molecule has 0 saturated carbocycles. The quantitative estimate of drug-likeness (QED) is 0.156. The van der Waals surface area contributed by atoms with Crippen molar-refractivity contribution in [1.82, 2.24) is 0 Å². The highest BCUT2D eigenvalue weighted by molar-refractivity contribution is 5.91. The lowest BCUT2D eigenvalue weighted by molar-refractivity contribution is -0.274. The van der Waals surface area contributed by atoms with E-state index < -0.39 is 64.5 Å². The second kappa shape index (κ2) is 12.3. The molecule has 214 valence electrons. The Morgan fingerprint density at radius 1 is 0.875 bits per heavy atom. The van der Waals surface area contributed by atoms with Crippen LogP contribution in [0.25, 0.3) is 11.1 Å². The lowest BCUT2D eigenvalue weighted by Crippen LogP contribution is -2.27. The van der Waals surface area contributed by atoms with Gasteiger partial charge in [0.05, 0.1) is 18.8 Å². The zero-order valence-electron chi connectivity index (χ0n) is 21.0. The van der Waals surface area contributed by atoms with Gasteiger partial charge in [-0.15, -0.1) is 13.2 Å². The molecule has 0 amide bonds. The van der Waals surface area contributed by atoms with E-state index in [-0.39, 0.29) is 17.0 Å². The van der Waals surface area contributed by atoms with E-state index in [1.165, 1.54) is 0 Å². The first-order valence-corrected chi connectivity index (χ1v) is 12.2. The summed E-state index contributed by atoms with van der Waals surface area (Å²) >= 11 is 0. The normalized spacial score (nSPS) is 17.5. The Kier molecular flexibility index (Phi) is 8.99. The smallest absolute Gasteiger partial charge is 0.423 e. The Labute approximate surface area is 224 Å². The second-order valence-electron chi connectivity index (χ2n) is 9.09. The first kappa shape index (κ1) is 29.3. The molecule has 0 atom stereocenters. The molecule has 0 spiro atoms. The van der Waals surface area contributed by atoms with Crippen LogP contribution in [0.5, 0.6) is 11.5 Å². The Morgan fingerprint density at radius 3 is 1.98 bits per heavy atom. The first-order chi connectivity index (χ1) is 18.9. The van der Waals surface area contributed by atoms with Crippen LogP contribution in [0.3, 0.4) is 0 Å². The summed E-state index contributed by atoms with van der Waals surface area (Å²) in [5, 5.41) is 0. The molecule has 0 radical (unpaired) electrons. The Morgan fingerprint density at radius 2 is 1.45 bits per heavy atom. The molecule has 1 aliphatic rings. The van der Waals surface area contributed by atoms with E-state index in [2.05, 4.69) is 11.7 Å². The number of alkyl halides is 3. The summed E-state index contributed by atoms with van der Waals surface area (Å²) in [5.74, 6) is -7.75. The van der Waals surface area contributed by atoms with Crippen molar-refractivity contribution in [3.8, 4) is 22.6 Å². The molecule has 1 aliphatic heterocycles. The molecule has 3 aromatic rings. The van der Waals surface area contributed by atoms with Gasteiger partial charge in [0.15, 0.2) is 6.29 Å². The van der Waals surface area contributed by atoms with Crippen LogP contribution in [0.4, 0.5) is 30.7 Å². The molecule has 1 saturated heterocycles. The van der Waals surface area contributed by atoms with E-state index in [0.717, 1.165) is 55.7 Å². The van der Waals surface area contributed by atoms with Crippen LogP contribution in [0.1, 0.15) is 48.4 Å². The van der Waals surface area contributed by atoms with Gasteiger partial charge in [-0.2, -0.15) is 0 Å². The Hall–Kier alpha value is -3.64. The van der Waals surface area contributed by atoms with Crippen LogP contribution in [0, 0.1) is 29.2 Å². The van der Waals surface area contributed by atoms with Gasteiger partial charge in [0, 0.05) is 23.6 Å². The van der Waals surface area contributed by atoms with Crippen LogP contribution >= 0.6 is 0 Å². The maximum Gasteiger partial charge on any atom is 0.573 e. The molecule has 12 heteroatoms. The highest BCUT2D eigenvalue weighted by Crippen LogP contribution is 2.33. The zero-order valence-corrected chi connectivity index (χ0v) is 21.0. The molecule has 0 aliphatic carbocycles. The number of halogens is 7. The van der Waals surface area contributed by atoms with Gasteiger partial charge in [0.2, 0.25) is 0 Å². The van der Waals surface area contributed by atoms with Crippen molar-refractivity contribution in [3.05, 3.63) is 82.9 Å². The van der Waals surface area contributed by atoms with Crippen molar-refractivity contribution in [3.63, 3.8) is 0 Å². The van der Waals surface area contributed by atoms with E-state index in [1.807, 2.05) is 0 Å². The van der Waals surface area contributed by atoms with Gasteiger partial charge in [-0.1, -0.05) is 31.9 Å². The number of rotatable bonds is 8. The number of unbranched alkanes of at least 4 members (excludes halogenated alkanes) is 1. The fourth-order valence-corrected chi connectivity index (χ4v) is 4.18. The van der Waals surface area contributed by atoms with E-state index >= 15 is 0 Å². The minimum Gasteiger partial charge on any atom is -0.423 e. The summed E-state index contributed by atoms with van der Waals surface area (Å²) in [6, 6.07) is 6.61. The van der Waals surface area contributed by atoms with Gasteiger partial charge < -0.3 is 18.9 Å². The molecular formula is C28H23F7O5. The molecule has 0 unspecified atom stereocenters. The molecule has 0 aromatic heterocycles. The van der Waals surface area contributed by atoms with Gasteiger partial charge in [-0.25, -0.2) is 22.4 Å². The van der Waals surface area contributed by atoms with Crippen molar-refractivity contribution in [2.24, 2.45) is 5.92 Å². The fourth-order valence-electron chi connectivity index (χ4n) is 4.18. The number of carbonyl (C=O) groups is 1. The van der Waals surface area contributed by atoms with Crippen molar-refractivity contribution in [2.45, 2.75) is 38.8 Å². The summed E-state index contributed by atoms with van der Waals surface area (Å²) in [6.07, 6.45) is -3.08. The maximum absolute atomic E-state index is 14.8. The van der Waals surface area contributed by atoms with Gasteiger partial charge in [0.1, 0.15) is 40.3 Å². The van der Waals surface area contributed by atoms with Gasteiger partial charge >= 0.3 is 12.3 Å². The minimum absolute atomic E-state index is 0.00795. The van der Waals surface area contributed by atoms with Gasteiger partial charge in [-0.3, -0.25) is 0 Å². The minimum atomic E-state index is -4.95. The summed E-state index contributed by atoms with van der Waals surface area (Å²) in [5.41, 5.74) is -1.86. The van der Waals surface area contributed by atoms with Gasteiger partial charge in [0.25, 0.3) is 0 Å². The molecule has 0 bridgehead atoms. The zero-order chi connectivity index (χ0) is 29.0. The highest BCUT2D eigenvalue weighted by atomic mass is 19.4. The molecule has 1 fully saturated rings. The lowest BCUT2D eigenvalue weighted by atomic mass is 10.0. The summed E-state index contributed by atoms with van der Waals surface area (Å²) < 4.78 is 116. The molecular weight excluding hydrogens is 549 g/mol. The SMILES string of the molecule is CCCCC1COC(c2cc(F)c(C(=O)Oc3cc(F)c(-c4ccc(OC(F)(F)F)cc4)c(F)c3)c(F)c2)OC1. The number of hydrogen-bond acceptors (Lipinski definition) is 5.